The monoisotopic (exact) mass is 375 g/mol. The molecule has 3 aromatic heterocycles. The summed E-state index contributed by atoms with van der Waals surface area (Å²) in [4.78, 5) is 11.8. The molecule has 3 rings (SSSR count). The van der Waals surface area contributed by atoms with Gasteiger partial charge in [-0.15, -0.1) is 10.2 Å². The molecule has 0 unspecified atom stereocenters. The molecule has 0 radical (unpaired) electrons. The van der Waals surface area contributed by atoms with Gasteiger partial charge in [-0.2, -0.15) is 0 Å². The Hall–Kier alpha value is -2.61. The maximum atomic E-state index is 11.8. The quantitative estimate of drug-likeness (QED) is 0.646. The highest BCUT2D eigenvalue weighted by Gasteiger charge is 2.09. The van der Waals surface area contributed by atoms with Gasteiger partial charge in [-0.25, -0.2) is 0 Å². The Balaban J connectivity index is 1.45. The number of anilines is 1. The summed E-state index contributed by atoms with van der Waals surface area (Å²) in [5.41, 5.74) is 0. The van der Waals surface area contributed by atoms with Gasteiger partial charge in [-0.1, -0.05) is 0 Å². The number of hydrogen-bond donors (Lipinski definition) is 2. The van der Waals surface area contributed by atoms with E-state index in [1.54, 1.807) is 12.1 Å². The molecule has 0 saturated heterocycles. The zero-order valence-electron chi connectivity index (χ0n) is 12.1. The molecule has 23 heavy (non-hydrogen) atoms. The Bertz CT molecular complexity index is 768. The molecule has 0 aromatic carbocycles. The van der Waals surface area contributed by atoms with Crippen LogP contribution in [0.1, 0.15) is 10.6 Å². The summed E-state index contributed by atoms with van der Waals surface area (Å²) < 4.78 is 7.57. The van der Waals surface area contributed by atoms with Crippen molar-refractivity contribution in [1.29, 1.82) is 0 Å². The summed E-state index contributed by atoms with van der Waals surface area (Å²) in [6.07, 6.45) is 3.80. The molecule has 0 aliphatic carbocycles. The first kappa shape index (κ1) is 15.3. The molecule has 8 heteroatoms. The Morgan fingerprint density at radius 3 is 2.61 bits per heavy atom. The molecule has 3 heterocycles. The number of rotatable bonds is 6. The van der Waals surface area contributed by atoms with Gasteiger partial charge in [0.25, 0.3) is 5.91 Å². The number of halogens is 1. The minimum absolute atomic E-state index is 0.258. The topological polar surface area (TPSA) is 85.0 Å². The lowest BCUT2D eigenvalue weighted by molar-refractivity contribution is 0.0926. The molecule has 0 bridgehead atoms. The van der Waals surface area contributed by atoms with Crippen molar-refractivity contribution in [3.05, 3.63) is 59.2 Å². The molecule has 1 amide bonds. The molecule has 0 spiro atoms. The van der Waals surface area contributed by atoms with E-state index in [0.717, 1.165) is 5.82 Å². The molecule has 2 N–H and O–H groups in total. The zero-order valence-corrected chi connectivity index (χ0v) is 13.7. The van der Waals surface area contributed by atoms with Gasteiger partial charge in [0.15, 0.2) is 16.2 Å². The van der Waals surface area contributed by atoms with E-state index in [2.05, 4.69) is 36.8 Å². The second-order valence-electron chi connectivity index (χ2n) is 4.65. The van der Waals surface area contributed by atoms with Crippen molar-refractivity contribution < 1.29 is 9.21 Å². The lowest BCUT2D eigenvalue weighted by atomic mass is 10.4. The summed E-state index contributed by atoms with van der Waals surface area (Å²) in [6.45, 7) is 0.976. The van der Waals surface area contributed by atoms with Crippen LogP contribution >= 0.6 is 15.9 Å². The summed E-state index contributed by atoms with van der Waals surface area (Å²) >= 11 is 3.16. The van der Waals surface area contributed by atoms with Crippen LogP contribution in [-0.4, -0.2) is 33.8 Å². The highest BCUT2D eigenvalue weighted by Crippen LogP contribution is 2.13. The van der Waals surface area contributed by atoms with E-state index in [1.165, 1.54) is 0 Å². The normalized spacial score (nSPS) is 10.5. The average Bonchev–Trinajstić information content (AvgIpc) is 3.23. The molecule has 7 nitrogen and oxygen atoms in total. The Labute approximate surface area is 140 Å². The molecule has 0 aliphatic rings. The predicted octanol–water partition coefficient (Wildman–Crippen LogP) is 2.46. The number of nitrogens with one attached hydrogen (secondary N) is 2. The van der Waals surface area contributed by atoms with Gasteiger partial charge >= 0.3 is 0 Å². The van der Waals surface area contributed by atoms with Gasteiger partial charge in [0, 0.05) is 25.5 Å². The van der Waals surface area contributed by atoms with Gasteiger partial charge < -0.3 is 19.6 Å². The molecule has 3 aromatic rings. The van der Waals surface area contributed by atoms with Gasteiger partial charge in [-0.05, 0) is 52.3 Å². The summed E-state index contributed by atoms with van der Waals surface area (Å²) in [5, 5.41) is 14.1. The molecule has 0 atom stereocenters. The lowest BCUT2D eigenvalue weighted by Crippen LogP contribution is -2.28. The highest BCUT2D eigenvalue weighted by molar-refractivity contribution is 9.10. The molecule has 0 saturated carbocycles. The molecular weight excluding hydrogens is 362 g/mol. The molecular formula is C15H14BrN5O2. The summed E-state index contributed by atoms with van der Waals surface area (Å²) in [5.74, 6) is 1.41. The van der Waals surface area contributed by atoms with E-state index in [0.29, 0.717) is 23.6 Å². The van der Waals surface area contributed by atoms with E-state index < -0.39 is 0 Å². The number of aromatic nitrogens is 3. The van der Waals surface area contributed by atoms with Crippen molar-refractivity contribution in [1.82, 2.24) is 20.1 Å². The largest absolute Gasteiger partial charge is 0.444 e. The van der Waals surface area contributed by atoms with Crippen LogP contribution in [0.15, 0.2) is 57.9 Å². The van der Waals surface area contributed by atoms with Crippen molar-refractivity contribution in [3.63, 3.8) is 0 Å². The average molecular weight is 376 g/mol. The fraction of sp³-hybridized carbons (Fsp3) is 0.133. The fourth-order valence-electron chi connectivity index (χ4n) is 1.93. The third-order valence-electron chi connectivity index (χ3n) is 3.03. The third-order valence-corrected chi connectivity index (χ3v) is 3.46. The highest BCUT2D eigenvalue weighted by atomic mass is 79.9. The number of nitrogens with zero attached hydrogens (tertiary/aromatic N) is 3. The third kappa shape index (κ3) is 3.98. The van der Waals surface area contributed by atoms with Crippen molar-refractivity contribution in [3.8, 4) is 5.82 Å². The van der Waals surface area contributed by atoms with E-state index in [1.807, 2.05) is 41.2 Å². The number of hydrogen-bond acceptors (Lipinski definition) is 5. The van der Waals surface area contributed by atoms with Crippen molar-refractivity contribution >= 4 is 27.7 Å². The molecule has 0 fully saturated rings. The van der Waals surface area contributed by atoms with Crippen LogP contribution in [0.2, 0.25) is 0 Å². The van der Waals surface area contributed by atoms with Crippen LogP contribution in [0.25, 0.3) is 5.82 Å². The summed E-state index contributed by atoms with van der Waals surface area (Å²) in [6, 6.07) is 10.8. The SMILES string of the molecule is O=C(NCCNc1ccc(-n2cccc2)nn1)c1ccc(Br)o1. The van der Waals surface area contributed by atoms with Gasteiger partial charge in [-0.3, -0.25) is 4.79 Å². The Morgan fingerprint density at radius 2 is 1.96 bits per heavy atom. The van der Waals surface area contributed by atoms with E-state index in [-0.39, 0.29) is 11.7 Å². The number of carbonyl (C=O) groups excluding carboxylic acids is 1. The minimum atomic E-state index is -0.258. The van der Waals surface area contributed by atoms with E-state index in [4.69, 9.17) is 4.42 Å². The predicted molar refractivity (Wildman–Crippen MR) is 88.6 cm³/mol. The first-order chi connectivity index (χ1) is 11.2. The van der Waals surface area contributed by atoms with Crippen molar-refractivity contribution in [2.75, 3.05) is 18.4 Å². The van der Waals surface area contributed by atoms with Crippen LogP contribution in [0.5, 0.6) is 0 Å². The Kier molecular flexibility index (Phi) is 4.72. The van der Waals surface area contributed by atoms with E-state index in [9.17, 15) is 4.79 Å². The van der Waals surface area contributed by atoms with Crippen molar-refractivity contribution in [2.45, 2.75) is 0 Å². The standard InChI is InChI=1S/C15H14BrN5O2/c16-12-4-3-11(23-12)15(22)18-8-7-17-13-5-6-14(20-19-13)21-9-1-2-10-21/h1-6,9-10H,7-8H2,(H,17,19)(H,18,22). The molecule has 118 valence electrons. The minimum Gasteiger partial charge on any atom is -0.444 e. The number of furan rings is 1. The first-order valence-electron chi connectivity index (χ1n) is 6.97. The van der Waals surface area contributed by atoms with Crippen LogP contribution in [0.4, 0.5) is 5.82 Å². The van der Waals surface area contributed by atoms with Gasteiger partial charge in [0.05, 0.1) is 0 Å². The van der Waals surface area contributed by atoms with Gasteiger partial charge in [0.2, 0.25) is 0 Å². The summed E-state index contributed by atoms with van der Waals surface area (Å²) in [7, 11) is 0. The zero-order chi connectivity index (χ0) is 16.1. The Morgan fingerprint density at radius 1 is 1.13 bits per heavy atom. The van der Waals surface area contributed by atoms with E-state index >= 15 is 0 Å². The maximum Gasteiger partial charge on any atom is 0.287 e. The molecule has 0 aliphatic heterocycles. The number of amides is 1. The van der Waals surface area contributed by atoms with Crippen LogP contribution in [0.3, 0.4) is 0 Å². The van der Waals surface area contributed by atoms with Crippen LogP contribution in [0, 0.1) is 0 Å². The second-order valence-corrected chi connectivity index (χ2v) is 5.44. The smallest absolute Gasteiger partial charge is 0.287 e. The van der Waals surface area contributed by atoms with Crippen molar-refractivity contribution in [2.24, 2.45) is 0 Å². The lowest BCUT2D eigenvalue weighted by Gasteiger charge is -2.07. The second kappa shape index (κ2) is 7.10. The van der Waals surface area contributed by atoms with Gasteiger partial charge in [0.1, 0.15) is 5.82 Å². The number of carbonyl (C=O) groups is 1. The van der Waals surface area contributed by atoms with Crippen LogP contribution < -0.4 is 10.6 Å². The fourth-order valence-corrected chi connectivity index (χ4v) is 2.24. The maximum absolute atomic E-state index is 11.8. The van der Waals surface area contributed by atoms with Crippen LogP contribution in [-0.2, 0) is 0 Å². The first-order valence-corrected chi connectivity index (χ1v) is 7.76.